The molecule has 0 spiro atoms. The number of nitrogens with zero attached hydrogens (tertiary/aromatic N) is 1. The molecule has 1 N–H and O–H groups in total. The molecule has 0 unspecified atom stereocenters. The van der Waals surface area contributed by atoms with E-state index in [1.165, 1.54) is 23.5 Å². The molecule has 29 heavy (non-hydrogen) atoms. The van der Waals surface area contributed by atoms with Gasteiger partial charge in [0.15, 0.2) is 0 Å². The lowest BCUT2D eigenvalue weighted by atomic mass is 10.2. The van der Waals surface area contributed by atoms with Gasteiger partial charge in [0, 0.05) is 24.1 Å². The van der Waals surface area contributed by atoms with E-state index in [0.29, 0.717) is 24.6 Å². The minimum Gasteiger partial charge on any atom is -0.489 e. The summed E-state index contributed by atoms with van der Waals surface area (Å²) in [5.41, 5.74) is 2.17. The number of benzene rings is 2. The van der Waals surface area contributed by atoms with Crippen LogP contribution in [0.1, 0.15) is 28.9 Å². The van der Waals surface area contributed by atoms with Crippen LogP contribution in [0.3, 0.4) is 0 Å². The minimum absolute atomic E-state index is 0.104. The van der Waals surface area contributed by atoms with E-state index in [2.05, 4.69) is 10.3 Å². The zero-order valence-electron chi connectivity index (χ0n) is 15.8. The fraction of sp³-hybridized carbons (Fsp3) is 0.273. The number of carbonyl (C=O) groups is 1. The summed E-state index contributed by atoms with van der Waals surface area (Å²) in [6, 6.07) is 13.8. The van der Waals surface area contributed by atoms with Crippen molar-refractivity contribution in [2.24, 2.45) is 0 Å². The fourth-order valence-electron chi connectivity index (χ4n) is 3.08. The van der Waals surface area contributed by atoms with Crippen molar-refractivity contribution in [2.45, 2.75) is 25.6 Å². The van der Waals surface area contributed by atoms with Crippen LogP contribution in [-0.2, 0) is 11.3 Å². The highest BCUT2D eigenvalue weighted by molar-refractivity contribution is 7.13. The van der Waals surface area contributed by atoms with Crippen LogP contribution in [0.25, 0.3) is 10.6 Å². The molecule has 1 aliphatic rings. The molecule has 3 aromatic rings. The van der Waals surface area contributed by atoms with Crippen molar-refractivity contribution in [3.63, 3.8) is 0 Å². The Bertz CT molecular complexity index is 968. The molecule has 1 amide bonds. The molecule has 5 nitrogen and oxygen atoms in total. The maximum atomic E-state index is 13.0. The van der Waals surface area contributed by atoms with Gasteiger partial charge in [0.2, 0.25) is 0 Å². The highest BCUT2D eigenvalue weighted by atomic mass is 32.1. The summed E-state index contributed by atoms with van der Waals surface area (Å²) >= 11 is 1.41. The molecule has 1 saturated heterocycles. The molecular formula is C22H21FN2O3S. The Labute approximate surface area is 172 Å². The van der Waals surface area contributed by atoms with E-state index >= 15 is 0 Å². The first-order chi connectivity index (χ1) is 14.2. The summed E-state index contributed by atoms with van der Waals surface area (Å²) in [7, 11) is 0. The first kappa shape index (κ1) is 19.5. The third kappa shape index (κ3) is 5.19. The second-order valence-electron chi connectivity index (χ2n) is 6.83. The van der Waals surface area contributed by atoms with Crippen LogP contribution in [0.4, 0.5) is 4.39 Å². The van der Waals surface area contributed by atoms with Crippen molar-refractivity contribution in [1.82, 2.24) is 10.3 Å². The van der Waals surface area contributed by atoms with E-state index in [1.54, 1.807) is 17.5 Å². The third-order valence-corrected chi connectivity index (χ3v) is 5.54. The van der Waals surface area contributed by atoms with Crippen LogP contribution in [0, 0.1) is 5.82 Å². The van der Waals surface area contributed by atoms with Crippen molar-refractivity contribution >= 4 is 17.2 Å². The number of ether oxygens (including phenoxy) is 2. The monoisotopic (exact) mass is 412 g/mol. The van der Waals surface area contributed by atoms with Crippen LogP contribution in [-0.4, -0.2) is 30.1 Å². The lowest BCUT2D eigenvalue weighted by Gasteiger charge is -2.09. The zero-order valence-corrected chi connectivity index (χ0v) is 16.6. The van der Waals surface area contributed by atoms with Crippen molar-refractivity contribution in [2.75, 3.05) is 13.2 Å². The van der Waals surface area contributed by atoms with Gasteiger partial charge in [-0.25, -0.2) is 9.37 Å². The highest BCUT2D eigenvalue weighted by Gasteiger charge is 2.18. The molecule has 2 heterocycles. The number of rotatable bonds is 7. The summed E-state index contributed by atoms with van der Waals surface area (Å²) in [5, 5.41) is 5.39. The van der Waals surface area contributed by atoms with Gasteiger partial charge in [-0.3, -0.25) is 4.79 Å². The smallest absolute Gasteiger partial charge is 0.270 e. The Morgan fingerprint density at radius 1 is 1.28 bits per heavy atom. The predicted octanol–water partition coefficient (Wildman–Crippen LogP) is 4.44. The van der Waals surface area contributed by atoms with Gasteiger partial charge in [0.05, 0.1) is 6.10 Å². The second-order valence-corrected chi connectivity index (χ2v) is 7.68. The van der Waals surface area contributed by atoms with Gasteiger partial charge in [0.1, 0.15) is 28.9 Å². The van der Waals surface area contributed by atoms with Crippen LogP contribution in [0.15, 0.2) is 53.9 Å². The Balaban J connectivity index is 1.37. The largest absolute Gasteiger partial charge is 0.489 e. The van der Waals surface area contributed by atoms with Crippen LogP contribution >= 0.6 is 11.3 Å². The molecule has 0 aliphatic carbocycles. The van der Waals surface area contributed by atoms with E-state index < -0.39 is 0 Å². The lowest BCUT2D eigenvalue weighted by Crippen LogP contribution is -2.31. The number of aromatic nitrogens is 1. The SMILES string of the molecule is O=C(NC[C@H]1CCCO1)c1csc(-c2cccc(OCc3ccc(F)cc3)c2)n1. The molecule has 1 fully saturated rings. The first-order valence-electron chi connectivity index (χ1n) is 9.50. The molecule has 1 aliphatic heterocycles. The third-order valence-electron chi connectivity index (χ3n) is 4.65. The minimum atomic E-state index is -0.268. The Hall–Kier alpha value is -2.77. The Morgan fingerprint density at radius 2 is 2.14 bits per heavy atom. The number of hydrogen-bond acceptors (Lipinski definition) is 5. The molecule has 7 heteroatoms. The molecule has 0 saturated carbocycles. The highest BCUT2D eigenvalue weighted by Crippen LogP contribution is 2.27. The first-order valence-corrected chi connectivity index (χ1v) is 10.4. The number of amides is 1. The topological polar surface area (TPSA) is 60.5 Å². The van der Waals surface area contributed by atoms with Crippen molar-refractivity contribution in [3.8, 4) is 16.3 Å². The Kier molecular flexibility index (Phi) is 6.17. The van der Waals surface area contributed by atoms with Crippen LogP contribution in [0.5, 0.6) is 5.75 Å². The van der Waals surface area contributed by atoms with Gasteiger partial charge in [0.25, 0.3) is 5.91 Å². The predicted molar refractivity (Wildman–Crippen MR) is 110 cm³/mol. The van der Waals surface area contributed by atoms with Gasteiger partial charge < -0.3 is 14.8 Å². The van der Waals surface area contributed by atoms with E-state index in [0.717, 1.165) is 35.6 Å². The van der Waals surface area contributed by atoms with E-state index in [9.17, 15) is 9.18 Å². The quantitative estimate of drug-likeness (QED) is 0.623. The lowest BCUT2D eigenvalue weighted by molar-refractivity contribution is 0.0854. The van der Waals surface area contributed by atoms with Gasteiger partial charge in [-0.15, -0.1) is 11.3 Å². The summed E-state index contributed by atoms with van der Waals surface area (Å²) in [4.78, 5) is 16.8. The van der Waals surface area contributed by atoms with Crippen LogP contribution < -0.4 is 10.1 Å². The Morgan fingerprint density at radius 3 is 2.93 bits per heavy atom. The number of thiazole rings is 1. The molecule has 150 valence electrons. The molecule has 0 bridgehead atoms. The van der Waals surface area contributed by atoms with E-state index in [1.807, 2.05) is 24.3 Å². The van der Waals surface area contributed by atoms with Gasteiger partial charge in [-0.05, 0) is 42.7 Å². The zero-order chi connectivity index (χ0) is 20.1. The van der Waals surface area contributed by atoms with Crippen molar-refractivity contribution in [3.05, 3.63) is 71.0 Å². The summed E-state index contributed by atoms with van der Waals surface area (Å²) in [6.07, 6.45) is 2.13. The summed E-state index contributed by atoms with van der Waals surface area (Å²) in [5.74, 6) is 0.230. The number of hydrogen-bond donors (Lipinski definition) is 1. The summed E-state index contributed by atoms with van der Waals surface area (Å²) < 4.78 is 24.3. The fourth-order valence-corrected chi connectivity index (χ4v) is 3.88. The van der Waals surface area contributed by atoms with Crippen molar-refractivity contribution in [1.29, 1.82) is 0 Å². The molecule has 2 aromatic carbocycles. The van der Waals surface area contributed by atoms with Gasteiger partial charge in [-0.1, -0.05) is 24.3 Å². The average Bonchev–Trinajstić information content (AvgIpc) is 3.44. The molecule has 1 atom stereocenters. The number of carbonyl (C=O) groups excluding carboxylic acids is 1. The van der Waals surface area contributed by atoms with Gasteiger partial charge in [-0.2, -0.15) is 0 Å². The molecule has 4 rings (SSSR count). The van der Waals surface area contributed by atoms with E-state index in [4.69, 9.17) is 9.47 Å². The normalized spacial score (nSPS) is 16.0. The maximum absolute atomic E-state index is 13.0. The van der Waals surface area contributed by atoms with Gasteiger partial charge >= 0.3 is 0 Å². The van der Waals surface area contributed by atoms with Crippen molar-refractivity contribution < 1.29 is 18.7 Å². The molecule has 0 radical (unpaired) electrons. The van der Waals surface area contributed by atoms with E-state index in [-0.39, 0.29) is 17.8 Å². The number of nitrogens with one attached hydrogen (secondary N) is 1. The summed E-state index contributed by atoms with van der Waals surface area (Å²) in [6.45, 7) is 1.62. The molecular weight excluding hydrogens is 391 g/mol. The standard InChI is InChI=1S/C22H21FN2O3S/c23-17-8-6-15(7-9-17)13-28-18-4-1-3-16(11-18)22-25-20(14-29-22)21(26)24-12-19-5-2-10-27-19/h1,3-4,6-9,11,14,19H,2,5,10,12-13H2,(H,24,26)/t19-/m1/s1. The maximum Gasteiger partial charge on any atom is 0.270 e. The average molecular weight is 412 g/mol. The number of halogens is 1. The van der Waals surface area contributed by atoms with Crippen LogP contribution in [0.2, 0.25) is 0 Å². The second kappa shape index (κ2) is 9.15. The molecule has 1 aromatic heterocycles.